The van der Waals surface area contributed by atoms with Crippen molar-refractivity contribution in [2.75, 3.05) is 25.1 Å². The molecule has 0 aliphatic carbocycles. The van der Waals surface area contributed by atoms with Crippen molar-refractivity contribution in [3.63, 3.8) is 0 Å². The number of aromatic nitrogens is 2. The number of alkyl halides is 6. The molecule has 0 N–H and O–H groups in total. The fraction of sp³-hybridized carbons (Fsp3) is 0.389. The summed E-state index contributed by atoms with van der Waals surface area (Å²) in [5, 5.41) is 0. The van der Waals surface area contributed by atoms with Crippen LogP contribution in [-0.2, 0) is 12.4 Å². The topological polar surface area (TPSA) is 55.3 Å². The number of carbonyl (C=O) groups is 1. The summed E-state index contributed by atoms with van der Waals surface area (Å²) in [6.45, 7) is 2.81. The number of ether oxygens (including phenoxy) is 1. The van der Waals surface area contributed by atoms with Gasteiger partial charge in [-0.15, -0.1) is 0 Å². The summed E-state index contributed by atoms with van der Waals surface area (Å²) in [5.74, 6) is -0.654. The SMILES string of the molecule is CC(=O)c1cc(C)nc(N(C)CCOc2cc(C(F)(F)F)cc(C(F)(F)F)c2)n1. The Bertz CT molecular complexity index is 864. The predicted molar refractivity (Wildman–Crippen MR) is 92.0 cm³/mol. The molecule has 0 unspecified atom stereocenters. The minimum atomic E-state index is -4.95. The molecule has 2 rings (SSSR count). The van der Waals surface area contributed by atoms with Crippen LogP contribution in [0.5, 0.6) is 5.75 Å². The Morgan fingerprint density at radius 2 is 1.55 bits per heavy atom. The average Bonchev–Trinajstić information content (AvgIpc) is 2.59. The van der Waals surface area contributed by atoms with E-state index in [0.29, 0.717) is 17.8 Å². The van der Waals surface area contributed by atoms with E-state index in [4.69, 9.17) is 4.74 Å². The van der Waals surface area contributed by atoms with Gasteiger partial charge in [0.2, 0.25) is 5.95 Å². The Morgan fingerprint density at radius 3 is 2.03 bits per heavy atom. The lowest BCUT2D eigenvalue weighted by atomic mass is 10.1. The number of rotatable bonds is 6. The third-order valence-corrected chi connectivity index (χ3v) is 3.80. The van der Waals surface area contributed by atoms with Crippen LogP contribution in [0.25, 0.3) is 0 Å². The van der Waals surface area contributed by atoms with Gasteiger partial charge in [-0.2, -0.15) is 26.3 Å². The molecule has 2 aromatic rings. The maximum absolute atomic E-state index is 12.9. The summed E-state index contributed by atoms with van der Waals surface area (Å²) in [6.07, 6.45) is -9.90. The zero-order valence-electron chi connectivity index (χ0n) is 15.6. The van der Waals surface area contributed by atoms with Gasteiger partial charge in [-0.1, -0.05) is 0 Å². The molecule has 1 heterocycles. The molecule has 1 aromatic carbocycles. The smallest absolute Gasteiger partial charge is 0.416 e. The highest BCUT2D eigenvalue weighted by Gasteiger charge is 2.37. The first kappa shape index (κ1) is 22.4. The van der Waals surface area contributed by atoms with Crippen LogP contribution in [0.4, 0.5) is 32.3 Å². The normalized spacial score (nSPS) is 12.0. The molecule has 11 heteroatoms. The van der Waals surface area contributed by atoms with Gasteiger partial charge in [0.25, 0.3) is 0 Å². The van der Waals surface area contributed by atoms with Gasteiger partial charge in [0.05, 0.1) is 17.7 Å². The Balaban J connectivity index is 2.15. The van der Waals surface area contributed by atoms with E-state index in [0.717, 1.165) is 0 Å². The lowest BCUT2D eigenvalue weighted by molar-refractivity contribution is -0.143. The second-order valence-electron chi connectivity index (χ2n) is 6.26. The molecule has 0 aliphatic heterocycles. The van der Waals surface area contributed by atoms with Gasteiger partial charge in [0, 0.05) is 19.7 Å². The van der Waals surface area contributed by atoms with E-state index in [9.17, 15) is 31.1 Å². The first-order valence-electron chi connectivity index (χ1n) is 8.27. The van der Waals surface area contributed by atoms with Crippen LogP contribution in [0.2, 0.25) is 0 Å². The largest absolute Gasteiger partial charge is 0.492 e. The molecular formula is C18H17F6N3O2. The fourth-order valence-corrected chi connectivity index (χ4v) is 2.31. The summed E-state index contributed by atoms with van der Waals surface area (Å²) in [7, 11) is 1.55. The standard InChI is InChI=1S/C18H17F6N3O2/c1-10-6-15(11(2)28)26-16(25-10)27(3)4-5-29-14-8-12(17(19,20)21)7-13(9-14)18(22,23)24/h6-9H,4-5H2,1-3H3. The van der Waals surface area contributed by atoms with Crippen LogP contribution in [0.1, 0.15) is 34.2 Å². The van der Waals surface area contributed by atoms with E-state index in [-0.39, 0.29) is 36.6 Å². The zero-order valence-corrected chi connectivity index (χ0v) is 15.6. The van der Waals surface area contributed by atoms with E-state index in [1.54, 1.807) is 14.0 Å². The summed E-state index contributed by atoms with van der Waals surface area (Å²) in [6, 6.07) is 2.54. The molecule has 29 heavy (non-hydrogen) atoms. The molecule has 0 atom stereocenters. The number of hydrogen-bond donors (Lipinski definition) is 0. The maximum Gasteiger partial charge on any atom is 0.416 e. The number of likely N-dealkylation sites (N-methyl/N-ethyl adjacent to an activating group) is 1. The molecule has 0 fully saturated rings. The van der Waals surface area contributed by atoms with Gasteiger partial charge >= 0.3 is 12.4 Å². The van der Waals surface area contributed by atoms with E-state index < -0.39 is 29.2 Å². The molecule has 158 valence electrons. The molecule has 0 aliphatic rings. The summed E-state index contributed by atoms with van der Waals surface area (Å²) < 4.78 is 82.4. The molecule has 0 bridgehead atoms. The zero-order chi connectivity index (χ0) is 22.0. The van der Waals surface area contributed by atoms with Gasteiger partial charge < -0.3 is 9.64 Å². The van der Waals surface area contributed by atoms with Crippen molar-refractivity contribution in [3.05, 3.63) is 46.8 Å². The van der Waals surface area contributed by atoms with E-state index in [1.165, 1.54) is 17.9 Å². The first-order valence-corrected chi connectivity index (χ1v) is 8.27. The molecule has 0 spiro atoms. The number of halogens is 6. The minimum absolute atomic E-state index is 0.0306. The van der Waals surface area contributed by atoms with Crippen molar-refractivity contribution in [2.24, 2.45) is 0 Å². The van der Waals surface area contributed by atoms with Crippen molar-refractivity contribution in [3.8, 4) is 5.75 Å². The number of ketones is 1. The number of hydrogen-bond acceptors (Lipinski definition) is 5. The number of benzene rings is 1. The molecular weight excluding hydrogens is 404 g/mol. The Morgan fingerprint density at radius 1 is 1.00 bits per heavy atom. The minimum Gasteiger partial charge on any atom is -0.492 e. The van der Waals surface area contributed by atoms with Crippen LogP contribution in [0, 0.1) is 6.92 Å². The molecule has 0 radical (unpaired) electrons. The summed E-state index contributed by atoms with van der Waals surface area (Å²) in [4.78, 5) is 21.2. The summed E-state index contributed by atoms with van der Waals surface area (Å²) >= 11 is 0. The number of aryl methyl sites for hydroxylation is 1. The first-order chi connectivity index (χ1) is 13.3. The maximum atomic E-state index is 12.9. The highest BCUT2D eigenvalue weighted by atomic mass is 19.4. The van der Waals surface area contributed by atoms with Gasteiger partial charge in [0.15, 0.2) is 5.78 Å². The van der Waals surface area contributed by atoms with Crippen LogP contribution < -0.4 is 9.64 Å². The third kappa shape index (κ3) is 6.06. The number of Topliss-reactive ketones (excluding diaryl/α,β-unsaturated/α-hetero) is 1. The van der Waals surface area contributed by atoms with Crippen molar-refractivity contribution in [1.29, 1.82) is 0 Å². The number of anilines is 1. The van der Waals surface area contributed by atoms with Crippen molar-refractivity contribution >= 4 is 11.7 Å². The number of nitrogens with zero attached hydrogens (tertiary/aromatic N) is 3. The van der Waals surface area contributed by atoms with Crippen molar-refractivity contribution < 1.29 is 35.9 Å². The lowest BCUT2D eigenvalue weighted by Gasteiger charge is -2.19. The highest BCUT2D eigenvalue weighted by Crippen LogP contribution is 2.38. The Hall–Kier alpha value is -2.85. The second-order valence-corrected chi connectivity index (χ2v) is 6.26. The quantitative estimate of drug-likeness (QED) is 0.506. The van der Waals surface area contributed by atoms with E-state index in [2.05, 4.69) is 9.97 Å². The molecule has 0 saturated heterocycles. The van der Waals surface area contributed by atoms with E-state index in [1.807, 2.05) is 0 Å². The number of carbonyl (C=O) groups excluding carboxylic acids is 1. The van der Waals surface area contributed by atoms with Gasteiger partial charge in [-0.3, -0.25) is 4.79 Å². The van der Waals surface area contributed by atoms with E-state index >= 15 is 0 Å². The Kier molecular flexibility index (Phi) is 6.39. The van der Waals surface area contributed by atoms with Crippen molar-refractivity contribution in [2.45, 2.75) is 26.2 Å². The molecule has 0 amide bonds. The molecule has 0 saturated carbocycles. The van der Waals surface area contributed by atoms with Crippen LogP contribution in [-0.4, -0.2) is 36.0 Å². The predicted octanol–water partition coefficient (Wildman–Crippen LogP) is 4.54. The van der Waals surface area contributed by atoms with Gasteiger partial charge in [0.1, 0.15) is 18.1 Å². The molecule has 5 nitrogen and oxygen atoms in total. The Labute approximate surface area is 162 Å². The molecule has 1 aromatic heterocycles. The highest BCUT2D eigenvalue weighted by molar-refractivity contribution is 5.92. The lowest BCUT2D eigenvalue weighted by Crippen LogP contribution is -2.26. The second kappa shape index (κ2) is 8.26. The van der Waals surface area contributed by atoms with Crippen LogP contribution in [0.15, 0.2) is 24.3 Å². The third-order valence-electron chi connectivity index (χ3n) is 3.80. The van der Waals surface area contributed by atoms with Crippen molar-refractivity contribution in [1.82, 2.24) is 9.97 Å². The average molecular weight is 421 g/mol. The van der Waals surface area contributed by atoms with Crippen LogP contribution in [0.3, 0.4) is 0 Å². The van der Waals surface area contributed by atoms with Gasteiger partial charge in [-0.25, -0.2) is 9.97 Å². The summed E-state index contributed by atoms with van der Waals surface area (Å²) in [5.41, 5.74) is -2.19. The monoisotopic (exact) mass is 421 g/mol. The van der Waals surface area contributed by atoms with Gasteiger partial charge in [-0.05, 0) is 31.2 Å². The van der Waals surface area contributed by atoms with Crippen LogP contribution >= 0.6 is 0 Å². The fourth-order valence-electron chi connectivity index (χ4n) is 2.31.